The van der Waals surface area contributed by atoms with Crippen LogP contribution in [-0.2, 0) is 5.41 Å². The van der Waals surface area contributed by atoms with Crippen LogP contribution < -0.4 is 0 Å². The van der Waals surface area contributed by atoms with Crippen molar-refractivity contribution in [1.29, 1.82) is 0 Å². The van der Waals surface area contributed by atoms with Crippen LogP contribution in [-0.4, -0.2) is 10.2 Å². The molecule has 1 atom stereocenters. The largest absolute Gasteiger partial charge is 0.508 e. The van der Waals surface area contributed by atoms with E-state index < -0.39 is 0 Å². The van der Waals surface area contributed by atoms with Gasteiger partial charge in [0.2, 0.25) is 0 Å². The predicted octanol–water partition coefficient (Wildman–Crippen LogP) is 6.25. The van der Waals surface area contributed by atoms with Crippen LogP contribution in [0.5, 0.6) is 11.5 Å². The van der Waals surface area contributed by atoms with Crippen molar-refractivity contribution in [3.63, 3.8) is 0 Å². The minimum atomic E-state index is -0.108. The average molecular weight is 341 g/mol. The lowest BCUT2D eigenvalue weighted by molar-refractivity contribution is 0.445. The fourth-order valence-electron chi connectivity index (χ4n) is 3.65. The second-order valence-corrected chi connectivity index (χ2v) is 8.31. The van der Waals surface area contributed by atoms with E-state index in [1.54, 1.807) is 0 Å². The summed E-state index contributed by atoms with van der Waals surface area (Å²) in [5, 5.41) is 20.5. The van der Waals surface area contributed by atoms with Crippen molar-refractivity contribution < 1.29 is 10.2 Å². The van der Waals surface area contributed by atoms with Gasteiger partial charge in [0.15, 0.2) is 0 Å². The number of benzene rings is 2. The Kier molecular flexibility index (Phi) is 5.51. The van der Waals surface area contributed by atoms with E-state index in [9.17, 15) is 10.2 Å². The molecular formula is C23H32O2. The Morgan fingerprint density at radius 3 is 1.84 bits per heavy atom. The van der Waals surface area contributed by atoms with Gasteiger partial charge < -0.3 is 10.2 Å². The Labute approximate surface area is 152 Å². The molecule has 25 heavy (non-hydrogen) atoms. The standard InChI is InChI=1S/C23H32O2/c1-8-9-17(18-10-16(4)21(24)11-14(18)2)19-13-20(23(5,6)7)22(25)12-15(19)3/h10-13,17,24-25H,8-9H2,1-7H3. The summed E-state index contributed by atoms with van der Waals surface area (Å²) in [6.45, 7) is 14.7. The lowest BCUT2D eigenvalue weighted by atomic mass is 9.78. The second-order valence-electron chi connectivity index (χ2n) is 8.31. The van der Waals surface area contributed by atoms with Crippen molar-refractivity contribution in [3.8, 4) is 11.5 Å². The van der Waals surface area contributed by atoms with Crippen LogP contribution in [0.25, 0.3) is 0 Å². The van der Waals surface area contributed by atoms with Gasteiger partial charge in [0.1, 0.15) is 11.5 Å². The highest BCUT2D eigenvalue weighted by Crippen LogP contribution is 2.40. The average Bonchev–Trinajstić information content (AvgIpc) is 2.48. The van der Waals surface area contributed by atoms with Crippen molar-refractivity contribution in [2.45, 2.75) is 72.6 Å². The van der Waals surface area contributed by atoms with Gasteiger partial charge in [-0.05, 0) is 78.1 Å². The first-order valence-corrected chi connectivity index (χ1v) is 9.20. The summed E-state index contributed by atoms with van der Waals surface area (Å²) in [4.78, 5) is 0. The highest BCUT2D eigenvalue weighted by atomic mass is 16.3. The lowest BCUT2D eigenvalue weighted by Gasteiger charge is -2.27. The van der Waals surface area contributed by atoms with Crippen molar-refractivity contribution in [3.05, 3.63) is 57.6 Å². The number of aryl methyl sites for hydroxylation is 3. The molecule has 2 heteroatoms. The summed E-state index contributed by atoms with van der Waals surface area (Å²) >= 11 is 0. The molecule has 2 aromatic rings. The van der Waals surface area contributed by atoms with Gasteiger partial charge in [-0.15, -0.1) is 0 Å². The molecule has 1 unspecified atom stereocenters. The van der Waals surface area contributed by atoms with Crippen LogP contribution in [0.15, 0.2) is 24.3 Å². The molecule has 0 heterocycles. The van der Waals surface area contributed by atoms with Gasteiger partial charge in [-0.25, -0.2) is 0 Å². The lowest BCUT2D eigenvalue weighted by Crippen LogP contribution is -2.14. The molecule has 2 rings (SSSR count). The van der Waals surface area contributed by atoms with Crippen molar-refractivity contribution in [2.24, 2.45) is 0 Å². The molecule has 2 nitrogen and oxygen atoms in total. The number of phenolic OH excluding ortho intramolecular Hbond substituents is 2. The number of aromatic hydroxyl groups is 2. The molecule has 0 aliphatic rings. The van der Waals surface area contributed by atoms with E-state index in [4.69, 9.17) is 0 Å². The summed E-state index contributed by atoms with van der Waals surface area (Å²) in [7, 11) is 0. The van der Waals surface area contributed by atoms with Crippen LogP contribution in [0.2, 0.25) is 0 Å². The van der Waals surface area contributed by atoms with E-state index in [1.807, 2.05) is 19.1 Å². The van der Waals surface area contributed by atoms with Crippen molar-refractivity contribution >= 4 is 0 Å². The van der Waals surface area contributed by atoms with Crippen molar-refractivity contribution in [2.75, 3.05) is 0 Å². The normalized spacial score (nSPS) is 13.1. The Hall–Kier alpha value is -1.96. The zero-order valence-corrected chi connectivity index (χ0v) is 16.7. The quantitative estimate of drug-likeness (QED) is 0.690. The summed E-state index contributed by atoms with van der Waals surface area (Å²) in [6.07, 6.45) is 2.12. The molecule has 0 spiro atoms. The number of hydrogen-bond acceptors (Lipinski definition) is 2. The Balaban J connectivity index is 2.68. The van der Waals surface area contributed by atoms with Gasteiger partial charge in [0, 0.05) is 5.92 Å². The zero-order chi connectivity index (χ0) is 18.9. The first kappa shape index (κ1) is 19.4. The third kappa shape index (κ3) is 4.00. The first-order chi connectivity index (χ1) is 11.6. The predicted molar refractivity (Wildman–Crippen MR) is 106 cm³/mol. The molecule has 0 saturated heterocycles. The highest BCUT2D eigenvalue weighted by molar-refractivity contribution is 5.51. The van der Waals surface area contributed by atoms with Crippen molar-refractivity contribution in [1.82, 2.24) is 0 Å². The first-order valence-electron chi connectivity index (χ1n) is 9.20. The molecule has 0 fully saturated rings. The Bertz CT molecular complexity index is 767. The minimum absolute atomic E-state index is 0.108. The van der Waals surface area contributed by atoms with Gasteiger partial charge in [0.25, 0.3) is 0 Å². The Morgan fingerprint density at radius 1 is 0.800 bits per heavy atom. The summed E-state index contributed by atoms with van der Waals surface area (Å²) in [5.74, 6) is 1.00. The molecule has 0 saturated carbocycles. The summed E-state index contributed by atoms with van der Waals surface area (Å²) in [5.41, 5.74) is 6.57. The van der Waals surface area contributed by atoms with Gasteiger partial charge in [-0.2, -0.15) is 0 Å². The molecule has 0 radical (unpaired) electrons. The second kappa shape index (κ2) is 7.11. The van der Waals surface area contributed by atoms with E-state index in [1.165, 1.54) is 11.1 Å². The summed E-state index contributed by atoms with van der Waals surface area (Å²) < 4.78 is 0. The smallest absolute Gasteiger partial charge is 0.119 e. The maximum atomic E-state index is 10.4. The fraction of sp³-hybridized carbons (Fsp3) is 0.478. The number of phenols is 2. The number of rotatable bonds is 4. The molecule has 0 aliphatic heterocycles. The molecule has 136 valence electrons. The maximum Gasteiger partial charge on any atom is 0.119 e. The van der Waals surface area contributed by atoms with E-state index in [-0.39, 0.29) is 11.3 Å². The monoisotopic (exact) mass is 340 g/mol. The van der Waals surface area contributed by atoms with Gasteiger partial charge in [0.05, 0.1) is 0 Å². The molecule has 2 aromatic carbocycles. The SMILES string of the molecule is CCCC(c1cc(C)c(O)cc1C)c1cc(C(C)(C)C)c(O)cc1C. The van der Waals surface area contributed by atoms with Crippen LogP contribution >= 0.6 is 0 Å². The molecule has 0 aliphatic carbocycles. The molecule has 0 aromatic heterocycles. The van der Waals surface area contributed by atoms with Crippen LogP contribution in [0.1, 0.15) is 79.8 Å². The van der Waals surface area contributed by atoms with E-state index in [2.05, 4.69) is 53.7 Å². The van der Waals surface area contributed by atoms with Crippen LogP contribution in [0, 0.1) is 20.8 Å². The van der Waals surface area contributed by atoms with Gasteiger partial charge in [-0.3, -0.25) is 0 Å². The number of hydrogen-bond donors (Lipinski definition) is 2. The Morgan fingerprint density at radius 2 is 1.32 bits per heavy atom. The molecule has 0 bridgehead atoms. The highest BCUT2D eigenvalue weighted by Gasteiger charge is 2.24. The molecular weight excluding hydrogens is 308 g/mol. The fourth-order valence-corrected chi connectivity index (χ4v) is 3.65. The van der Waals surface area contributed by atoms with Crippen LogP contribution in [0.4, 0.5) is 0 Å². The maximum absolute atomic E-state index is 10.4. The minimum Gasteiger partial charge on any atom is -0.508 e. The van der Waals surface area contributed by atoms with E-state index >= 15 is 0 Å². The van der Waals surface area contributed by atoms with E-state index in [0.29, 0.717) is 11.5 Å². The van der Waals surface area contributed by atoms with Crippen LogP contribution in [0.3, 0.4) is 0 Å². The third-order valence-corrected chi connectivity index (χ3v) is 5.11. The topological polar surface area (TPSA) is 40.5 Å². The van der Waals surface area contributed by atoms with E-state index in [0.717, 1.165) is 35.1 Å². The van der Waals surface area contributed by atoms with Gasteiger partial charge in [-0.1, -0.05) is 46.2 Å². The zero-order valence-electron chi connectivity index (χ0n) is 16.7. The molecule has 0 amide bonds. The third-order valence-electron chi connectivity index (χ3n) is 5.11. The van der Waals surface area contributed by atoms with Gasteiger partial charge >= 0.3 is 0 Å². The summed E-state index contributed by atoms with van der Waals surface area (Å²) in [6, 6.07) is 8.08. The molecule has 2 N–H and O–H groups in total.